The first-order chi connectivity index (χ1) is 12.5. The zero-order valence-electron chi connectivity index (χ0n) is 16.7. The fraction of sp³-hybridized carbons (Fsp3) is 0.200. The number of allylic oxidation sites excluding steroid dienone is 7. The molecule has 26 heavy (non-hydrogen) atoms. The van der Waals surface area contributed by atoms with E-state index >= 15 is 0 Å². The summed E-state index contributed by atoms with van der Waals surface area (Å²) < 4.78 is 0. The van der Waals surface area contributed by atoms with Gasteiger partial charge in [-0.3, -0.25) is 0 Å². The Labute approximate surface area is 159 Å². The molecule has 0 aliphatic carbocycles. The molecule has 0 spiro atoms. The molecular formula is C25H31N. The molecule has 2 rings (SSSR count). The summed E-state index contributed by atoms with van der Waals surface area (Å²) in [6.45, 7) is 12.6. The summed E-state index contributed by atoms with van der Waals surface area (Å²) in [4.78, 5) is 0. The summed E-state index contributed by atoms with van der Waals surface area (Å²) in [5, 5.41) is 0. The van der Waals surface area contributed by atoms with E-state index in [1.807, 2.05) is 6.92 Å². The van der Waals surface area contributed by atoms with Crippen LogP contribution in [0.5, 0.6) is 0 Å². The van der Waals surface area contributed by atoms with Crippen LogP contribution in [0.3, 0.4) is 0 Å². The van der Waals surface area contributed by atoms with E-state index < -0.39 is 0 Å². The van der Waals surface area contributed by atoms with Crippen LogP contribution in [-0.2, 0) is 0 Å². The highest BCUT2D eigenvalue weighted by atomic mass is 14.4. The van der Waals surface area contributed by atoms with Crippen molar-refractivity contribution in [3.63, 3.8) is 0 Å². The van der Waals surface area contributed by atoms with Gasteiger partial charge in [0.25, 0.3) is 0 Å². The van der Waals surface area contributed by atoms with Crippen molar-refractivity contribution in [2.45, 2.75) is 27.7 Å². The summed E-state index contributed by atoms with van der Waals surface area (Å²) in [6.07, 6.45) is 8.50. The maximum Gasteiger partial charge on any atom is -0.0155 e. The average Bonchev–Trinajstić information content (AvgIpc) is 2.65. The molecule has 0 amide bonds. The molecule has 0 unspecified atom stereocenters. The van der Waals surface area contributed by atoms with Crippen molar-refractivity contribution in [2.75, 3.05) is 7.05 Å². The molecule has 2 aromatic rings. The van der Waals surface area contributed by atoms with Crippen LogP contribution in [0.4, 0.5) is 0 Å². The van der Waals surface area contributed by atoms with Crippen LogP contribution in [0.1, 0.15) is 36.1 Å². The Morgan fingerprint density at radius 1 is 0.769 bits per heavy atom. The molecule has 0 bridgehead atoms. The van der Waals surface area contributed by atoms with E-state index in [1.165, 1.54) is 34.9 Å². The summed E-state index contributed by atoms with van der Waals surface area (Å²) in [5.41, 5.74) is 12.9. The molecular weight excluding hydrogens is 314 g/mol. The molecule has 1 heteroatoms. The summed E-state index contributed by atoms with van der Waals surface area (Å²) in [6, 6.07) is 17.1. The van der Waals surface area contributed by atoms with E-state index in [1.54, 1.807) is 0 Å². The molecule has 0 aromatic heterocycles. The monoisotopic (exact) mass is 345 g/mol. The van der Waals surface area contributed by atoms with Gasteiger partial charge in [-0.05, 0) is 62.6 Å². The fourth-order valence-corrected chi connectivity index (χ4v) is 2.58. The van der Waals surface area contributed by atoms with E-state index in [0.717, 1.165) is 11.1 Å². The number of hydrogen-bond donors (Lipinski definition) is 1. The molecule has 0 aliphatic rings. The van der Waals surface area contributed by atoms with Gasteiger partial charge < -0.3 is 5.73 Å². The zero-order valence-corrected chi connectivity index (χ0v) is 16.7. The molecule has 0 saturated heterocycles. The zero-order chi connectivity index (χ0) is 19.5. The van der Waals surface area contributed by atoms with Crippen molar-refractivity contribution in [3.8, 4) is 0 Å². The lowest BCUT2D eigenvalue weighted by molar-refractivity contribution is 1.43. The second-order valence-corrected chi connectivity index (χ2v) is 6.19. The van der Waals surface area contributed by atoms with Crippen molar-refractivity contribution in [3.05, 3.63) is 107 Å². The van der Waals surface area contributed by atoms with E-state index in [9.17, 15) is 0 Å². The topological polar surface area (TPSA) is 26.0 Å². The Morgan fingerprint density at radius 2 is 1.23 bits per heavy atom. The van der Waals surface area contributed by atoms with Crippen molar-refractivity contribution in [2.24, 2.45) is 5.73 Å². The van der Waals surface area contributed by atoms with E-state index in [2.05, 4.69) is 106 Å². The fourth-order valence-electron chi connectivity index (χ4n) is 2.58. The minimum atomic E-state index is 1.02. The lowest BCUT2D eigenvalue weighted by Gasteiger charge is -2.08. The predicted octanol–water partition coefficient (Wildman–Crippen LogP) is 6.50. The molecule has 1 nitrogen and oxygen atoms in total. The van der Waals surface area contributed by atoms with Crippen molar-refractivity contribution >= 4 is 11.1 Å². The molecule has 0 saturated carbocycles. The molecule has 0 heterocycles. The lowest BCUT2D eigenvalue weighted by atomic mass is 9.97. The van der Waals surface area contributed by atoms with Crippen molar-refractivity contribution < 1.29 is 0 Å². The smallest absolute Gasteiger partial charge is 0.0155 e. The third-order valence-corrected chi connectivity index (χ3v) is 4.08. The minimum Gasteiger partial charge on any atom is -0.333 e. The first-order valence-corrected chi connectivity index (χ1v) is 8.93. The van der Waals surface area contributed by atoms with Crippen molar-refractivity contribution in [1.82, 2.24) is 0 Å². The predicted molar refractivity (Wildman–Crippen MR) is 118 cm³/mol. The first-order valence-electron chi connectivity index (χ1n) is 8.93. The van der Waals surface area contributed by atoms with Crippen LogP contribution in [0.25, 0.3) is 11.1 Å². The highest BCUT2D eigenvalue weighted by Crippen LogP contribution is 2.24. The number of hydrogen-bond acceptors (Lipinski definition) is 1. The van der Waals surface area contributed by atoms with Gasteiger partial charge in [0.05, 0.1) is 0 Å². The Kier molecular flexibility index (Phi) is 9.11. The first kappa shape index (κ1) is 21.4. The maximum absolute atomic E-state index is 4.50. The van der Waals surface area contributed by atoms with Crippen LogP contribution in [-0.4, -0.2) is 7.05 Å². The van der Waals surface area contributed by atoms with Crippen LogP contribution in [0.15, 0.2) is 85.0 Å². The van der Waals surface area contributed by atoms with Crippen LogP contribution in [0.2, 0.25) is 0 Å². The van der Waals surface area contributed by atoms with E-state index in [4.69, 9.17) is 0 Å². The molecule has 2 N–H and O–H groups in total. The molecule has 0 aliphatic heterocycles. The molecule has 2 aromatic carbocycles. The summed E-state index contributed by atoms with van der Waals surface area (Å²) >= 11 is 0. The number of benzene rings is 2. The van der Waals surface area contributed by atoms with Crippen molar-refractivity contribution in [1.29, 1.82) is 0 Å². The summed E-state index contributed by atoms with van der Waals surface area (Å²) in [7, 11) is 1.50. The van der Waals surface area contributed by atoms with Gasteiger partial charge in [-0.2, -0.15) is 0 Å². The maximum atomic E-state index is 4.50. The number of aryl methyl sites for hydroxylation is 2. The Bertz CT molecular complexity index is 785. The Hall–Kier alpha value is -2.64. The Balaban J connectivity index is 0.00000163. The van der Waals surface area contributed by atoms with Crippen LogP contribution < -0.4 is 5.73 Å². The lowest BCUT2D eigenvalue weighted by Crippen LogP contribution is -1.87. The number of nitrogens with two attached hydrogens (primary N) is 1. The van der Waals surface area contributed by atoms with Gasteiger partial charge in [0.2, 0.25) is 0 Å². The quantitative estimate of drug-likeness (QED) is 0.615. The molecule has 0 fully saturated rings. The van der Waals surface area contributed by atoms with E-state index in [0.29, 0.717) is 0 Å². The van der Waals surface area contributed by atoms with Gasteiger partial charge in [0, 0.05) is 0 Å². The van der Waals surface area contributed by atoms with Gasteiger partial charge in [-0.15, -0.1) is 0 Å². The summed E-state index contributed by atoms with van der Waals surface area (Å²) in [5.74, 6) is 0. The standard InChI is InChI=1S/C24H26.CH5N/c1-6-7-21(5)24(23-15-10-19(3)11-16-23)17-12-20(4)22-13-8-18(2)9-14-22;1-2/h6-17H,4H2,1-3,5H3;2H2,1H3/b7-6-,17-12-,24-21-;. The number of rotatable bonds is 5. The highest BCUT2D eigenvalue weighted by Gasteiger charge is 2.02. The second kappa shape index (κ2) is 11.1. The normalized spacial score (nSPS) is 11.9. The van der Waals surface area contributed by atoms with E-state index in [-0.39, 0.29) is 0 Å². The van der Waals surface area contributed by atoms with Gasteiger partial charge in [0.1, 0.15) is 0 Å². The second-order valence-electron chi connectivity index (χ2n) is 6.19. The van der Waals surface area contributed by atoms with Gasteiger partial charge in [0.15, 0.2) is 0 Å². The molecule has 136 valence electrons. The van der Waals surface area contributed by atoms with Crippen LogP contribution in [0, 0.1) is 13.8 Å². The van der Waals surface area contributed by atoms with Gasteiger partial charge in [-0.1, -0.05) is 90.5 Å². The Morgan fingerprint density at radius 3 is 1.69 bits per heavy atom. The highest BCUT2D eigenvalue weighted by molar-refractivity contribution is 5.82. The molecule has 0 atom stereocenters. The molecule has 0 radical (unpaired) electrons. The SMILES string of the molecule is C=C(\C=C/C(=C(C)/C=C\C)c1ccc(C)cc1)c1ccc(C)cc1.CN. The largest absolute Gasteiger partial charge is 0.333 e. The third-order valence-electron chi connectivity index (χ3n) is 4.08. The minimum absolute atomic E-state index is 1.02. The third kappa shape index (κ3) is 6.34. The van der Waals surface area contributed by atoms with Gasteiger partial charge >= 0.3 is 0 Å². The average molecular weight is 346 g/mol. The van der Waals surface area contributed by atoms with Crippen LogP contribution >= 0.6 is 0 Å². The van der Waals surface area contributed by atoms with Gasteiger partial charge in [-0.25, -0.2) is 0 Å².